The minimum atomic E-state index is 0.842. The van der Waals surface area contributed by atoms with Crippen molar-refractivity contribution in [3.05, 3.63) is 0 Å². The first-order chi connectivity index (χ1) is 9.61. The molecule has 0 aromatic rings. The van der Waals surface area contributed by atoms with Crippen molar-refractivity contribution in [2.75, 3.05) is 26.2 Å². The Bertz CT molecular complexity index is 271. The molecule has 118 valence electrons. The van der Waals surface area contributed by atoms with Crippen LogP contribution < -0.4 is 5.32 Å². The van der Waals surface area contributed by atoms with Crippen molar-refractivity contribution in [3.8, 4) is 0 Å². The number of rotatable bonds is 5. The summed E-state index contributed by atoms with van der Waals surface area (Å²) in [5.74, 6) is 3.63. The zero-order valence-corrected chi connectivity index (χ0v) is 14.2. The fraction of sp³-hybridized carbons (Fsp3) is 1.00. The van der Waals surface area contributed by atoms with E-state index < -0.39 is 0 Å². The van der Waals surface area contributed by atoms with Crippen LogP contribution in [-0.4, -0.2) is 37.1 Å². The second-order valence-corrected chi connectivity index (χ2v) is 7.67. The second-order valence-electron chi connectivity index (χ2n) is 7.67. The molecule has 2 aliphatic rings. The fourth-order valence-corrected chi connectivity index (χ4v) is 4.47. The topological polar surface area (TPSA) is 15.3 Å². The highest BCUT2D eigenvalue weighted by Gasteiger charge is 2.34. The third kappa shape index (κ3) is 4.21. The van der Waals surface area contributed by atoms with Crippen molar-refractivity contribution in [3.63, 3.8) is 0 Å². The highest BCUT2D eigenvalue weighted by atomic mass is 15.2. The molecule has 1 aliphatic carbocycles. The first-order valence-corrected chi connectivity index (χ1v) is 9.06. The smallest absolute Gasteiger partial charge is 0.0128 e. The van der Waals surface area contributed by atoms with Gasteiger partial charge < -0.3 is 10.2 Å². The largest absolute Gasteiger partial charge is 0.317 e. The molecule has 2 nitrogen and oxygen atoms in total. The summed E-state index contributed by atoms with van der Waals surface area (Å²) in [6.07, 6.45) is 7.09. The molecule has 2 fully saturated rings. The van der Waals surface area contributed by atoms with E-state index in [1.54, 1.807) is 0 Å². The van der Waals surface area contributed by atoms with Crippen LogP contribution >= 0.6 is 0 Å². The molecule has 2 rings (SSSR count). The Balaban J connectivity index is 1.98. The number of nitrogens with zero attached hydrogens (tertiary/aromatic N) is 1. The molecule has 2 heteroatoms. The van der Waals surface area contributed by atoms with E-state index in [0.29, 0.717) is 0 Å². The van der Waals surface area contributed by atoms with Crippen LogP contribution in [0.3, 0.4) is 0 Å². The Kier molecular flexibility index (Phi) is 6.35. The summed E-state index contributed by atoms with van der Waals surface area (Å²) in [6.45, 7) is 14.8. The first kappa shape index (κ1) is 16.3. The van der Waals surface area contributed by atoms with Crippen molar-refractivity contribution in [1.82, 2.24) is 10.2 Å². The maximum Gasteiger partial charge on any atom is 0.0128 e. The van der Waals surface area contributed by atoms with Crippen molar-refractivity contribution in [1.29, 1.82) is 0 Å². The number of nitrogens with one attached hydrogen (secondary N) is 1. The summed E-state index contributed by atoms with van der Waals surface area (Å²) in [5.41, 5.74) is 0. The lowest BCUT2D eigenvalue weighted by Crippen LogP contribution is -2.48. The van der Waals surface area contributed by atoms with E-state index in [9.17, 15) is 0 Å². The second kappa shape index (κ2) is 7.79. The molecule has 20 heavy (non-hydrogen) atoms. The fourth-order valence-electron chi connectivity index (χ4n) is 4.47. The predicted octanol–water partition coefficient (Wildman–Crippen LogP) is 3.77. The number of hydrogen-bond donors (Lipinski definition) is 1. The molecule has 0 bridgehead atoms. The molecule has 1 N–H and O–H groups in total. The van der Waals surface area contributed by atoms with E-state index in [2.05, 4.69) is 37.9 Å². The minimum Gasteiger partial charge on any atom is -0.317 e. The Morgan fingerprint density at radius 2 is 1.80 bits per heavy atom. The first-order valence-electron chi connectivity index (χ1n) is 9.06. The maximum absolute atomic E-state index is 3.50. The Hall–Kier alpha value is -0.0800. The summed E-state index contributed by atoms with van der Waals surface area (Å²) >= 11 is 0. The lowest BCUT2D eigenvalue weighted by Gasteiger charge is -2.45. The van der Waals surface area contributed by atoms with Gasteiger partial charge in [-0.25, -0.2) is 0 Å². The number of hydrogen-bond acceptors (Lipinski definition) is 2. The molecular weight excluding hydrogens is 244 g/mol. The molecule has 0 radical (unpaired) electrons. The van der Waals surface area contributed by atoms with Gasteiger partial charge in [-0.15, -0.1) is 0 Å². The lowest BCUT2D eigenvalue weighted by atomic mass is 9.73. The van der Waals surface area contributed by atoms with Crippen LogP contribution in [0.1, 0.15) is 59.8 Å². The molecule has 1 saturated heterocycles. The maximum atomic E-state index is 3.50. The molecule has 0 aromatic heterocycles. The quantitative estimate of drug-likeness (QED) is 0.824. The molecule has 3 unspecified atom stereocenters. The zero-order chi connectivity index (χ0) is 14.5. The van der Waals surface area contributed by atoms with Gasteiger partial charge in [0.1, 0.15) is 0 Å². The third-order valence-corrected chi connectivity index (χ3v) is 5.81. The Morgan fingerprint density at radius 1 is 1.10 bits per heavy atom. The summed E-state index contributed by atoms with van der Waals surface area (Å²) in [6, 6.07) is 0.846. The van der Waals surface area contributed by atoms with Gasteiger partial charge in [-0.05, 0) is 69.0 Å². The van der Waals surface area contributed by atoms with Gasteiger partial charge in [-0.3, -0.25) is 0 Å². The molecule has 3 atom stereocenters. The third-order valence-electron chi connectivity index (χ3n) is 5.81. The summed E-state index contributed by atoms with van der Waals surface area (Å²) in [4.78, 5) is 2.84. The predicted molar refractivity (Wildman–Crippen MR) is 88.0 cm³/mol. The van der Waals surface area contributed by atoms with E-state index >= 15 is 0 Å². The van der Waals surface area contributed by atoms with E-state index in [-0.39, 0.29) is 0 Å². The average molecular weight is 280 g/mol. The van der Waals surface area contributed by atoms with Crippen LogP contribution in [0.4, 0.5) is 0 Å². The van der Waals surface area contributed by atoms with E-state index in [0.717, 1.165) is 29.7 Å². The van der Waals surface area contributed by atoms with Crippen LogP contribution in [0.25, 0.3) is 0 Å². The molecule has 1 aliphatic heterocycles. The van der Waals surface area contributed by atoms with Crippen molar-refractivity contribution >= 4 is 0 Å². The van der Waals surface area contributed by atoms with Gasteiger partial charge >= 0.3 is 0 Å². The minimum absolute atomic E-state index is 0.842. The average Bonchev–Trinajstić information content (AvgIpc) is 2.45. The lowest BCUT2D eigenvalue weighted by molar-refractivity contribution is 0.0480. The van der Waals surface area contributed by atoms with Crippen molar-refractivity contribution < 1.29 is 0 Å². The van der Waals surface area contributed by atoms with Crippen LogP contribution in [0, 0.1) is 23.7 Å². The van der Waals surface area contributed by atoms with Crippen LogP contribution in [-0.2, 0) is 0 Å². The highest BCUT2D eigenvalue weighted by Crippen LogP contribution is 2.37. The van der Waals surface area contributed by atoms with Crippen LogP contribution in [0.5, 0.6) is 0 Å². The number of piperidine rings is 1. The molecule has 1 heterocycles. The molecular formula is C18H36N2. The van der Waals surface area contributed by atoms with E-state index in [1.165, 1.54) is 58.3 Å². The Morgan fingerprint density at radius 3 is 2.40 bits per heavy atom. The summed E-state index contributed by atoms with van der Waals surface area (Å²) < 4.78 is 0. The highest BCUT2D eigenvalue weighted by molar-refractivity contribution is 4.88. The van der Waals surface area contributed by atoms with Gasteiger partial charge in [0, 0.05) is 12.6 Å². The zero-order valence-electron chi connectivity index (χ0n) is 14.2. The van der Waals surface area contributed by atoms with Crippen molar-refractivity contribution in [2.45, 2.75) is 65.8 Å². The molecule has 0 aromatic carbocycles. The normalized spacial score (nSPS) is 33.0. The van der Waals surface area contributed by atoms with Crippen molar-refractivity contribution in [2.24, 2.45) is 23.7 Å². The standard InChI is InChI=1S/C18H36N2/c1-5-20(13-16-8-10-19-11-9-16)18-12-15(4)6-7-17(18)14(2)3/h14-19H,5-13H2,1-4H3. The summed E-state index contributed by atoms with van der Waals surface area (Å²) in [5, 5.41) is 3.50. The van der Waals surface area contributed by atoms with E-state index in [1.807, 2.05) is 0 Å². The van der Waals surface area contributed by atoms with Crippen LogP contribution in [0.2, 0.25) is 0 Å². The monoisotopic (exact) mass is 280 g/mol. The van der Waals surface area contributed by atoms with Gasteiger partial charge in [-0.1, -0.05) is 34.1 Å². The van der Waals surface area contributed by atoms with Crippen LogP contribution in [0.15, 0.2) is 0 Å². The van der Waals surface area contributed by atoms with E-state index in [4.69, 9.17) is 0 Å². The van der Waals surface area contributed by atoms with Gasteiger partial charge in [-0.2, -0.15) is 0 Å². The van der Waals surface area contributed by atoms with Gasteiger partial charge in [0.25, 0.3) is 0 Å². The molecule has 0 spiro atoms. The van der Waals surface area contributed by atoms with Gasteiger partial charge in [0.15, 0.2) is 0 Å². The molecule has 1 saturated carbocycles. The SMILES string of the molecule is CCN(CC1CCNCC1)C1CC(C)CCC1C(C)C. The van der Waals surface area contributed by atoms with Gasteiger partial charge in [0.05, 0.1) is 0 Å². The Labute approximate surface area is 126 Å². The van der Waals surface area contributed by atoms with Gasteiger partial charge in [0.2, 0.25) is 0 Å². The molecule has 0 amide bonds. The summed E-state index contributed by atoms with van der Waals surface area (Å²) in [7, 11) is 0.